The lowest BCUT2D eigenvalue weighted by Gasteiger charge is -2.14. The molecule has 1 aliphatic carbocycles. The van der Waals surface area contributed by atoms with E-state index in [1.54, 1.807) is 13.2 Å². The van der Waals surface area contributed by atoms with E-state index in [4.69, 9.17) is 4.74 Å². The molecule has 0 bridgehead atoms. The summed E-state index contributed by atoms with van der Waals surface area (Å²) in [5.74, 6) is 0.244. The number of nitrogens with zero attached hydrogens (tertiary/aromatic N) is 2. The summed E-state index contributed by atoms with van der Waals surface area (Å²) in [6.07, 6.45) is 5.45. The van der Waals surface area contributed by atoms with Gasteiger partial charge in [0.15, 0.2) is 0 Å². The van der Waals surface area contributed by atoms with Gasteiger partial charge in [-0.15, -0.1) is 11.3 Å². The van der Waals surface area contributed by atoms with Crippen molar-refractivity contribution in [2.24, 2.45) is 0 Å². The van der Waals surface area contributed by atoms with Crippen LogP contribution in [0.15, 0.2) is 29.2 Å². The van der Waals surface area contributed by atoms with E-state index in [0.717, 1.165) is 25.7 Å². The Morgan fingerprint density at radius 2 is 2.09 bits per heavy atom. The number of hydrogen-bond acceptors (Lipinski definition) is 4. The van der Waals surface area contributed by atoms with Gasteiger partial charge in [-0.25, -0.2) is 9.37 Å². The van der Waals surface area contributed by atoms with Crippen molar-refractivity contribution in [1.82, 2.24) is 4.98 Å². The fourth-order valence-corrected chi connectivity index (χ4v) is 3.76. The van der Waals surface area contributed by atoms with Crippen LogP contribution in [0.2, 0.25) is 0 Å². The fourth-order valence-electron chi connectivity index (χ4n) is 2.90. The molecule has 0 radical (unpaired) electrons. The number of benzene rings is 1. The molecule has 1 aliphatic rings. The normalized spacial score (nSPS) is 14.4. The third-order valence-corrected chi connectivity index (χ3v) is 4.94. The Morgan fingerprint density at radius 1 is 1.30 bits per heavy atom. The lowest BCUT2D eigenvalue weighted by Crippen LogP contribution is -1.97. The van der Waals surface area contributed by atoms with Gasteiger partial charge in [0.25, 0.3) is 0 Å². The summed E-state index contributed by atoms with van der Waals surface area (Å²) in [6.45, 7) is 0. The van der Waals surface area contributed by atoms with Crippen molar-refractivity contribution >= 4 is 16.9 Å². The molecule has 0 spiro atoms. The molecule has 2 aromatic rings. The van der Waals surface area contributed by atoms with Crippen LogP contribution < -0.4 is 4.74 Å². The number of aromatic nitrogens is 1. The standard InChI is InChI=1S/C18H17FN2OS/c1-22-17-8-7-13(19)9-14(17)16-11-23-18(21-16)15(10-20)12-5-3-2-4-6-12/h7-9,11H,2-6H2,1H3. The van der Waals surface area contributed by atoms with E-state index in [-0.39, 0.29) is 5.82 Å². The molecule has 1 aromatic heterocycles. The molecule has 3 rings (SSSR count). The summed E-state index contributed by atoms with van der Waals surface area (Å²) in [5.41, 5.74) is 3.15. The van der Waals surface area contributed by atoms with E-state index in [0.29, 0.717) is 27.6 Å². The first-order chi connectivity index (χ1) is 11.2. The van der Waals surface area contributed by atoms with Gasteiger partial charge in [-0.1, -0.05) is 6.42 Å². The predicted molar refractivity (Wildman–Crippen MR) is 89.7 cm³/mol. The second-order valence-electron chi connectivity index (χ2n) is 5.53. The van der Waals surface area contributed by atoms with Crippen molar-refractivity contribution in [3.05, 3.63) is 40.0 Å². The molecule has 5 heteroatoms. The third-order valence-electron chi connectivity index (χ3n) is 4.08. The van der Waals surface area contributed by atoms with Gasteiger partial charge in [0.05, 0.1) is 18.4 Å². The molecule has 1 heterocycles. The van der Waals surface area contributed by atoms with Crippen LogP contribution >= 0.6 is 11.3 Å². The molecule has 23 heavy (non-hydrogen) atoms. The van der Waals surface area contributed by atoms with Gasteiger partial charge >= 0.3 is 0 Å². The summed E-state index contributed by atoms with van der Waals surface area (Å²) >= 11 is 1.43. The van der Waals surface area contributed by atoms with Crippen LogP contribution in [0, 0.1) is 17.1 Å². The molecular formula is C18H17FN2OS. The SMILES string of the molecule is COc1ccc(F)cc1-c1csc(C(C#N)=C2CCCCC2)n1. The highest BCUT2D eigenvalue weighted by Gasteiger charge is 2.17. The van der Waals surface area contributed by atoms with E-state index in [9.17, 15) is 9.65 Å². The Labute approximate surface area is 139 Å². The van der Waals surface area contributed by atoms with E-state index < -0.39 is 0 Å². The Hall–Kier alpha value is -2.19. The van der Waals surface area contributed by atoms with Crippen molar-refractivity contribution in [3.8, 4) is 23.1 Å². The molecule has 1 aromatic carbocycles. The second kappa shape index (κ2) is 6.93. The van der Waals surface area contributed by atoms with Crippen molar-refractivity contribution in [1.29, 1.82) is 5.26 Å². The molecule has 0 saturated heterocycles. The zero-order chi connectivity index (χ0) is 16.2. The Kier molecular flexibility index (Phi) is 4.73. The summed E-state index contributed by atoms with van der Waals surface area (Å²) in [7, 11) is 1.55. The first-order valence-corrected chi connectivity index (χ1v) is 8.53. The van der Waals surface area contributed by atoms with Gasteiger partial charge in [0.2, 0.25) is 0 Å². The molecule has 1 saturated carbocycles. The maximum atomic E-state index is 13.5. The number of thiazole rings is 1. The number of halogens is 1. The van der Waals surface area contributed by atoms with Crippen molar-refractivity contribution in [2.45, 2.75) is 32.1 Å². The summed E-state index contributed by atoms with van der Waals surface area (Å²) in [5, 5.41) is 12.1. The van der Waals surface area contributed by atoms with Gasteiger partial charge < -0.3 is 4.74 Å². The van der Waals surface area contributed by atoms with E-state index in [1.165, 1.54) is 35.5 Å². The van der Waals surface area contributed by atoms with Gasteiger partial charge in [-0.2, -0.15) is 5.26 Å². The molecular weight excluding hydrogens is 311 g/mol. The average Bonchev–Trinajstić information content (AvgIpc) is 3.06. The number of rotatable bonds is 3. The second-order valence-corrected chi connectivity index (χ2v) is 6.39. The highest BCUT2D eigenvalue weighted by atomic mass is 32.1. The van der Waals surface area contributed by atoms with Crippen LogP contribution in [-0.2, 0) is 0 Å². The van der Waals surface area contributed by atoms with Crippen molar-refractivity contribution < 1.29 is 9.13 Å². The first-order valence-electron chi connectivity index (χ1n) is 7.65. The largest absolute Gasteiger partial charge is 0.496 e. The quantitative estimate of drug-likeness (QED) is 0.728. The van der Waals surface area contributed by atoms with Crippen molar-refractivity contribution in [2.75, 3.05) is 7.11 Å². The minimum absolute atomic E-state index is 0.332. The van der Waals surface area contributed by atoms with E-state index in [1.807, 2.05) is 5.38 Å². The number of hydrogen-bond donors (Lipinski definition) is 0. The van der Waals surface area contributed by atoms with Gasteiger partial charge in [0, 0.05) is 10.9 Å². The van der Waals surface area contributed by atoms with Crippen LogP contribution in [-0.4, -0.2) is 12.1 Å². The maximum absolute atomic E-state index is 13.5. The molecule has 0 amide bonds. The maximum Gasteiger partial charge on any atom is 0.134 e. The van der Waals surface area contributed by atoms with Crippen LogP contribution in [0.25, 0.3) is 16.8 Å². The van der Waals surface area contributed by atoms with Crippen LogP contribution in [0.4, 0.5) is 4.39 Å². The van der Waals surface area contributed by atoms with Gasteiger partial charge in [0.1, 0.15) is 22.6 Å². The smallest absolute Gasteiger partial charge is 0.134 e. The Morgan fingerprint density at radius 3 is 2.78 bits per heavy atom. The highest BCUT2D eigenvalue weighted by molar-refractivity contribution is 7.11. The molecule has 1 fully saturated rings. The number of nitriles is 1. The van der Waals surface area contributed by atoms with E-state index >= 15 is 0 Å². The highest BCUT2D eigenvalue weighted by Crippen LogP contribution is 2.36. The van der Waals surface area contributed by atoms with Crippen LogP contribution in [0.5, 0.6) is 5.75 Å². The Bertz CT molecular complexity index is 781. The summed E-state index contributed by atoms with van der Waals surface area (Å²) in [6, 6.07) is 6.68. The van der Waals surface area contributed by atoms with E-state index in [2.05, 4.69) is 11.1 Å². The van der Waals surface area contributed by atoms with Crippen LogP contribution in [0.1, 0.15) is 37.1 Å². The molecule has 0 unspecified atom stereocenters. The minimum atomic E-state index is -0.332. The third kappa shape index (κ3) is 3.27. The summed E-state index contributed by atoms with van der Waals surface area (Å²) < 4.78 is 18.8. The molecule has 118 valence electrons. The first kappa shape index (κ1) is 15.7. The minimum Gasteiger partial charge on any atom is -0.496 e. The molecule has 0 N–H and O–H groups in total. The lowest BCUT2D eigenvalue weighted by molar-refractivity contribution is 0.415. The molecule has 0 aliphatic heterocycles. The molecule has 3 nitrogen and oxygen atoms in total. The van der Waals surface area contributed by atoms with Crippen molar-refractivity contribution in [3.63, 3.8) is 0 Å². The fraction of sp³-hybridized carbons (Fsp3) is 0.333. The number of ether oxygens (including phenoxy) is 1. The van der Waals surface area contributed by atoms with Gasteiger partial charge in [-0.05, 0) is 49.5 Å². The monoisotopic (exact) mass is 328 g/mol. The van der Waals surface area contributed by atoms with Gasteiger partial charge in [-0.3, -0.25) is 0 Å². The molecule has 0 atom stereocenters. The number of methoxy groups -OCH3 is 1. The lowest BCUT2D eigenvalue weighted by atomic mass is 9.91. The van der Waals surface area contributed by atoms with Crippen LogP contribution in [0.3, 0.4) is 0 Å². The zero-order valence-electron chi connectivity index (χ0n) is 12.9. The predicted octanol–water partition coefficient (Wildman–Crippen LogP) is 5.20. The zero-order valence-corrected chi connectivity index (χ0v) is 13.8. The number of allylic oxidation sites excluding steroid dienone is 2. The Balaban J connectivity index is 2.00. The average molecular weight is 328 g/mol. The summed E-state index contributed by atoms with van der Waals surface area (Å²) in [4.78, 5) is 4.57. The topological polar surface area (TPSA) is 45.9 Å².